The summed E-state index contributed by atoms with van der Waals surface area (Å²) in [6.07, 6.45) is 2.32. The van der Waals surface area contributed by atoms with Crippen LogP contribution in [0.25, 0.3) is 0 Å². The van der Waals surface area contributed by atoms with Gasteiger partial charge < -0.3 is 4.90 Å². The van der Waals surface area contributed by atoms with Crippen LogP contribution in [-0.2, 0) is 0 Å². The summed E-state index contributed by atoms with van der Waals surface area (Å²) >= 11 is 3.39. The minimum atomic E-state index is 0.175. The van der Waals surface area contributed by atoms with Crippen molar-refractivity contribution in [1.82, 2.24) is 4.90 Å². The summed E-state index contributed by atoms with van der Waals surface area (Å²) in [6.45, 7) is 5.17. The Morgan fingerprint density at radius 1 is 1.35 bits per heavy atom. The van der Waals surface area contributed by atoms with Crippen molar-refractivity contribution in [1.29, 1.82) is 0 Å². The number of hydrogen-bond acceptors (Lipinski definition) is 1. The van der Waals surface area contributed by atoms with Crippen molar-refractivity contribution in [3.63, 3.8) is 0 Å². The largest absolute Gasteiger partial charge is 0.335 e. The van der Waals surface area contributed by atoms with Gasteiger partial charge in [-0.25, -0.2) is 0 Å². The van der Waals surface area contributed by atoms with E-state index in [1.807, 2.05) is 29.2 Å². The number of carbonyl (C=O) groups excluding carboxylic acids is 1. The van der Waals surface area contributed by atoms with E-state index in [4.69, 9.17) is 0 Å². The van der Waals surface area contributed by atoms with E-state index in [2.05, 4.69) is 29.8 Å². The smallest absolute Gasteiger partial charge is 0.254 e. The molecule has 0 heterocycles. The Balaban J connectivity index is 2.12. The average molecular weight is 296 g/mol. The van der Waals surface area contributed by atoms with Gasteiger partial charge in [0, 0.05) is 22.6 Å². The van der Waals surface area contributed by atoms with Gasteiger partial charge in [-0.15, -0.1) is 0 Å². The summed E-state index contributed by atoms with van der Waals surface area (Å²) in [4.78, 5) is 14.4. The Bertz CT molecular complexity index is 395. The van der Waals surface area contributed by atoms with Gasteiger partial charge in [-0.3, -0.25) is 4.79 Å². The highest BCUT2D eigenvalue weighted by molar-refractivity contribution is 9.10. The minimum Gasteiger partial charge on any atom is -0.335 e. The SMILES string of the molecule is CC(C)CN(C(=O)c1ccc(Br)cc1)C1CC1. The van der Waals surface area contributed by atoms with Crippen LogP contribution in [0, 0.1) is 5.92 Å². The Morgan fingerprint density at radius 2 is 1.94 bits per heavy atom. The van der Waals surface area contributed by atoms with Crippen molar-refractivity contribution in [2.75, 3.05) is 6.54 Å². The molecule has 17 heavy (non-hydrogen) atoms. The number of hydrogen-bond donors (Lipinski definition) is 0. The highest BCUT2D eigenvalue weighted by Gasteiger charge is 2.33. The van der Waals surface area contributed by atoms with Crippen molar-refractivity contribution in [2.24, 2.45) is 5.92 Å². The minimum absolute atomic E-state index is 0.175. The van der Waals surface area contributed by atoms with Gasteiger partial charge in [-0.05, 0) is 43.0 Å². The van der Waals surface area contributed by atoms with Gasteiger partial charge in [0.1, 0.15) is 0 Å². The fraction of sp³-hybridized carbons (Fsp3) is 0.500. The molecule has 0 aliphatic heterocycles. The molecule has 2 nitrogen and oxygen atoms in total. The van der Waals surface area contributed by atoms with Gasteiger partial charge in [-0.1, -0.05) is 29.8 Å². The van der Waals surface area contributed by atoms with Gasteiger partial charge in [-0.2, -0.15) is 0 Å². The van der Waals surface area contributed by atoms with Crippen molar-refractivity contribution in [3.05, 3.63) is 34.3 Å². The maximum atomic E-state index is 12.4. The van der Waals surface area contributed by atoms with Crippen molar-refractivity contribution >= 4 is 21.8 Å². The monoisotopic (exact) mass is 295 g/mol. The lowest BCUT2D eigenvalue weighted by atomic mass is 10.1. The van der Waals surface area contributed by atoms with Gasteiger partial charge >= 0.3 is 0 Å². The molecule has 92 valence electrons. The van der Waals surface area contributed by atoms with E-state index in [1.165, 1.54) is 0 Å². The third-order valence-corrected chi connectivity index (χ3v) is 3.43. The van der Waals surface area contributed by atoms with E-state index in [0.29, 0.717) is 12.0 Å². The number of benzene rings is 1. The molecule has 0 spiro atoms. The summed E-state index contributed by atoms with van der Waals surface area (Å²) in [7, 11) is 0. The van der Waals surface area contributed by atoms with Crippen LogP contribution in [0.15, 0.2) is 28.7 Å². The lowest BCUT2D eigenvalue weighted by Gasteiger charge is -2.24. The first-order valence-corrected chi connectivity index (χ1v) is 6.93. The summed E-state index contributed by atoms with van der Waals surface area (Å²) in [5, 5.41) is 0. The third kappa shape index (κ3) is 3.32. The van der Waals surface area contributed by atoms with Gasteiger partial charge in [0.2, 0.25) is 0 Å². The zero-order valence-corrected chi connectivity index (χ0v) is 11.9. The number of amides is 1. The van der Waals surface area contributed by atoms with E-state index in [1.54, 1.807) is 0 Å². The van der Waals surface area contributed by atoms with E-state index in [9.17, 15) is 4.79 Å². The van der Waals surface area contributed by atoms with Crippen molar-refractivity contribution in [3.8, 4) is 0 Å². The van der Waals surface area contributed by atoms with Crippen LogP contribution in [0.1, 0.15) is 37.0 Å². The summed E-state index contributed by atoms with van der Waals surface area (Å²) in [5.41, 5.74) is 0.792. The highest BCUT2D eigenvalue weighted by atomic mass is 79.9. The Kier molecular flexibility index (Phi) is 3.87. The highest BCUT2D eigenvalue weighted by Crippen LogP contribution is 2.29. The van der Waals surface area contributed by atoms with E-state index in [-0.39, 0.29) is 5.91 Å². The van der Waals surface area contributed by atoms with Crippen molar-refractivity contribution < 1.29 is 4.79 Å². The number of nitrogens with zero attached hydrogens (tertiary/aromatic N) is 1. The predicted octanol–water partition coefficient (Wildman–Crippen LogP) is 3.71. The molecule has 0 saturated heterocycles. The summed E-state index contributed by atoms with van der Waals surface area (Å²) in [6, 6.07) is 8.11. The van der Waals surface area contributed by atoms with Gasteiger partial charge in [0.05, 0.1) is 0 Å². The first kappa shape index (κ1) is 12.6. The average Bonchev–Trinajstić information content (AvgIpc) is 3.09. The van der Waals surface area contributed by atoms with Gasteiger partial charge in [0.25, 0.3) is 5.91 Å². The first-order chi connectivity index (χ1) is 8.08. The first-order valence-electron chi connectivity index (χ1n) is 6.14. The fourth-order valence-electron chi connectivity index (χ4n) is 1.94. The summed E-state index contributed by atoms with van der Waals surface area (Å²) < 4.78 is 1.01. The van der Waals surface area contributed by atoms with Crippen LogP contribution in [-0.4, -0.2) is 23.4 Å². The lowest BCUT2D eigenvalue weighted by Crippen LogP contribution is -2.36. The predicted molar refractivity (Wildman–Crippen MR) is 73.0 cm³/mol. The molecular formula is C14H18BrNO. The van der Waals surface area contributed by atoms with Crippen LogP contribution in [0.4, 0.5) is 0 Å². The molecule has 1 aromatic rings. The number of carbonyl (C=O) groups is 1. The van der Waals surface area contributed by atoms with Crippen LogP contribution in [0.3, 0.4) is 0 Å². The molecule has 2 rings (SSSR count). The second-order valence-corrected chi connectivity index (χ2v) is 6.01. The van der Waals surface area contributed by atoms with Crippen LogP contribution < -0.4 is 0 Å². The standard InChI is InChI=1S/C14H18BrNO/c1-10(2)9-16(13-7-8-13)14(17)11-3-5-12(15)6-4-11/h3-6,10,13H,7-9H2,1-2H3. The molecule has 1 saturated carbocycles. The Morgan fingerprint density at radius 3 is 2.41 bits per heavy atom. The van der Waals surface area contributed by atoms with E-state index < -0.39 is 0 Å². The molecule has 1 aromatic carbocycles. The van der Waals surface area contributed by atoms with Gasteiger partial charge in [0.15, 0.2) is 0 Å². The number of halogens is 1. The second kappa shape index (κ2) is 5.21. The third-order valence-electron chi connectivity index (χ3n) is 2.90. The number of rotatable bonds is 4. The molecule has 1 amide bonds. The van der Waals surface area contributed by atoms with Crippen LogP contribution in [0.5, 0.6) is 0 Å². The quantitative estimate of drug-likeness (QED) is 0.829. The Labute approximate surface area is 111 Å². The van der Waals surface area contributed by atoms with E-state index in [0.717, 1.165) is 29.4 Å². The lowest BCUT2D eigenvalue weighted by molar-refractivity contribution is 0.0722. The molecule has 0 bridgehead atoms. The zero-order chi connectivity index (χ0) is 12.4. The molecular weight excluding hydrogens is 278 g/mol. The Hall–Kier alpha value is -0.830. The summed E-state index contributed by atoms with van der Waals surface area (Å²) in [5.74, 6) is 0.698. The molecule has 0 N–H and O–H groups in total. The fourth-order valence-corrected chi connectivity index (χ4v) is 2.20. The molecule has 1 aliphatic carbocycles. The normalized spacial score (nSPS) is 15.1. The molecule has 3 heteroatoms. The molecule has 0 atom stereocenters. The van der Waals surface area contributed by atoms with Crippen LogP contribution in [0.2, 0.25) is 0 Å². The maximum absolute atomic E-state index is 12.4. The molecule has 0 aromatic heterocycles. The zero-order valence-electron chi connectivity index (χ0n) is 10.3. The van der Waals surface area contributed by atoms with Crippen molar-refractivity contribution in [2.45, 2.75) is 32.7 Å². The second-order valence-electron chi connectivity index (χ2n) is 5.09. The molecule has 1 fully saturated rings. The maximum Gasteiger partial charge on any atom is 0.254 e. The molecule has 0 radical (unpaired) electrons. The van der Waals surface area contributed by atoms with E-state index >= 15 is 0 Å². The molecule has 0 unspecified atom stereocenters. The topological polar surface area (TPSA) is 20.3 Å². The molecule has 1 aliphatic rings. The van der Waals surface area contributed by atoms with Crippen LogP contribution >= 0.6 is 15.9 Å².